The standard InChI is InChI=1S/C3H6O4.C3H5O4.Ca/c2*4-1-2(5)3(6)7;/h2,4-5H,1H2,(H,6,7);2,5H,1H2,(H,6,7);/q;-1;+2/p-1/t2*2-;/m00./s1. The molecular weight excluding hydrogens is 240 g/mol. The van der Waals surface area contributed by atoms with Gasteiger partial charge in [0.15, 0.2) is 0 Å². The molecule has 0 radical (unpaired) electrons. The van der Waals surface area contributed by atoms with E-state index in [1.807, 2.05) is 0 Å². The second-order valence-corrected chi connectivity index (χ2v) is 2.04. The van der Waals surface area contributed by atoms with Gasteiger partial charge in [0.25, 0.3) is 0 Å². The summed E-state index contributed by atoms with van der Waals surface area (Å²) < 4.78 is 0. The van der Waals surface area contributed by atoms with E-state index in [0.717, 1.165) is 0 Å². The van der Waals surface area contributed by atoms with Gasteiger partial charge in [0.05, 0.1) is 12.6 Å². The average Bonchev–Trinajstić information content (AvgIpc) is 2.15. The van der Waals surface area contributed by atoms with Gasteiger partial charge in [-0.05, 0) is 0 Å². The maximum Gasteiger partial charge on any atom is 2.00 e. The number of hydrogen-bond acceptors (Lipinski definition) is 7. The second kappa shape index (κ2) is 12.1. The van der Waals surface area contributed by atoms with Crippen molar-refractivity contribution in [2.75, 3.05) is 13.2 Å². The van der Waals surface area contributed by atoms with E-state index in [4.69, 9.17) is 20.4 Å². The van der Waals surface area contributed by atoms with Crippen LogP contribution in [0, 0.1) is 0 Å². The summed E-state index contributed by atoms with van der Waals surface area (Å²) in [7, 11) is 0. The molecule has 0 fully saturated rings. The molecule has 0 saturated carbocycles. The molecule has 0 bridgehead atoms. The number of rotatable bonds is 4. The number of carbonyl (C=O) groups is 2. The fraction of sp³-hybridized carbons (Fsp3) is 0.667. The summed E-state index contributed by atoms with van der Waals surface area (Å²) in [5, 5.41) is 50.5. The fourth-order valence-electron chi connectivity index (χ4n) is 0.146. The average molecular weight is 250 g/mol. The molecule has 0 amide bonds. The Hall–Kier alpha value is 0.0397. The molecule has 0 aromatic carbocycles. The summed E-state index contributed by atoms with van der Waals surface area (Å²) in [6.07, 6.45) is -3.47. The molecule has 0 aromatic rings. The molecule has 0 spiro atoms. The third kappa shape index (κ3) is 14.0. The van der Waals surface area contributed by atoms with E-state index in [2.05, 4.69) is 0 Å². The van der Waals surface area contributed by atoms with Crippen molar-refractivity contribution < 1.29 is 40.2 Å². The molecule has 0 heterocycles. The van der Waals surface area contributed by atoms with Crippen LogP contribution in [-0.4, -0.2) is 95.5 Å². The minimum atomic E-state index is -1.74. The summed E-state index contributed by atoms with van der Waals surface area (Å²) in [5.41, 5.74) is 0. The van der Waals surface area contributed by atoms with Crippen molar-refractivity contribution in [2.45, 2.75) is 12.2 Å². The first kappa shape index (κ1) is 20.5. The predicted molar refractivity (Wildman–Crippen MR) is 42.4 cm³/mol. The molecule has 84 valence electrons. The van der Waals surface area contributed by atoms with Crippen molar-refractivity contribution in [2.24, 2.45) is 0 Å². The molecule has 15 heavy (non-hydrogen) atoms. The molecule has 0 aliphatic heterocycles. The summed E-state index contributed by atoms with van der Waals surface area (Å²) in [6, 6.07) is 0. The Morgan fingerprint density at radius 1 is 1.20 bits per heavy atom. The minimum absolute atomic E-state index is 0. The number of aliphatic hydroxyl groups is 3. The van der Waals surface area contributed by atoms with Gasteiger partial charge >= 0.3 is 43.7 Å². The Balaban J connectivity index is -0.000000180. The first-order chi connectivity index (χ1) is 6.36. The molecule has 8 nitrogen and oxygen atoms in total. The fourth-order valence-corrected chi connectivity index (χ4v) is 0.146. The Morgan fingerprint density at radius 2 is 1.60 bits per heavy atom. The van der Waals surface area contributed by atoms with Crippen molar-refractivity contribution in [3.63, 3.8) is 0 Å². The van der Waals surface area contributed by atoms with Gasteiger partial charge < -0.3 is 35.4 Å². The van der Waals surface area contributed by atoms with Crippen LogP contribution in [0.4, 0.5) is 0 Å². The molecule has 2 atom stereocenters. The largest absolute Gasteiger partial charge is 2.00 e. The van der Waals surface area contributed by atoms with Crippen LogP contribution in [0.1, 0.15) is 0 Å². The van der Waals surface area contributed by atoms with E-state index >= 15 is 0 Å². The van der Waals surface area contributed by atoms with Gasteiger partial charge in [-0.3, -0.25) is 0 Å². The van der Waals surface area contributed by atoms with Crippen LogP contribution in [0.25, 0.3) is 0 Å². The van der Waals surface area contributed by atoms with E-state index in [9.17, 15) is 19.8 Å². The zero-order valence-electron chi connectivity index (χ0n) is 7.70. The Morgan fingerprint density at radius 3 is 1.60 bits per heavy atom. The number of carboxylic acids is 2. The molecule has 0 saturated heterocycles. The maximum atomic E-state index is 9.48. The molecule has 0 rings (SSSR count). The van der Waals surface area contributed by atoms with Gasteiger partial charge in [-0.15, -0.1) is 6.61 Å². The zero-order chi connectivity index (χ0) is 11.7. The van der Waals surface area contributed by atoms with E-state index in [1.54, 1.807) is 0 Å². The van der Waals surface area contributed by atoms with Gasteiger partial charge in [0.1, 0.15) is 12.2 Å². The SMILES string of the molecule is O=C(O)[C@@H](O)C[O-].O=C([O-])[C@@H](O)CO.[Ca+2]. The van der Waals surface area contributed by atoms with Crippen LogP contribution in [-0.2, 0) is 9.59 Å². The van der Waals surface area contributed by atoms with Crippen LogP contribution in [0.2, 0.25) is 0 Å². The number of aliphatic carboxylic acids is 2. The molecular formula is C6H10CaO8. The minimum Gasteiger partial charge on any atom is -0.852 e. The second-order valence-electron chi connectivity index (χ2n) is 2.04. The van der Waals surface area contributed by atoms with Gasteiger partial charge in [-0.25, -0.2) is 4.79 Å². The number of carboxylic acid groups (broad SMARTS) is 2. The Kier molecular flexibility index (Phi) is 16.5. The van der Waals surface area contributed by atoms with Crippen molar-refractivity contribution in [3.05, 3.63) is 0 Å². The van der Waals surface area contributed by atoms with Crippen molar-refractivity contribution >= 4 is 49.7 Å². The molecule has 0 aromatic heterocycles. The maximum absolute atomic E-state index is 9.48. The first-order valence-corrected chi connectivity index (χ1v) is 3.35. The van der Waals surface area contributed by atoms with Gasteiger partial charge in [0.2, 0.25) is 0 Å². The molecule has 0 aliphatic carbocycles. The van der Waals surface area contributed by atoms with E-state index < -0.39 is 37.4 Å². The zero-order valence-corrected chi connectivity index (χ0v) is 9.91. The van der Waals surface area contributed by atoms with Crippen LogP contribution in [0.15, 0.2) is 0 Å². The van der Waals surface area contributed by atoms with Crippen molar-refractivity contribution in [1.82, 2.24) is 0 Å². The van der Waals surface area contributed by atoms with Crippen molar-refractivity contribution in [1.29, 1.82) is 0 Å². The molecule has 0 unspecified atom stereocenters. The monoisotopic (exact) mass is 250 g/mol. The van der Waals surface area contributed by atoms with Crippen LogP contribution >= 0.6 is 0 Å². The van der Waals surface area contributed by atoms with Crippen molar-refractivity contribution in [3.8, 4) is 0 Å². The van der Waals surface area contributed by atoms with Crippen LogP contribution in [0.5, 0.6) is 0 Å². The third-order valence-electron chi connectivity index (χ3n) is 0.888. The summed E-state index contributed by atoms with van der Waals surface area (Å²) in [4.78, 5) is 18.9. The van der Waals surface area contributed by atoms with E-state index in [0.29, 0.717) is 0 Å². The summed E-state index contributed by atoms with van der Waals surface area (Å²) in [5.74, 6) is -3.11. The summed E-state index contributed by atoms with van der Waals surface area (Å²) in [6.45, 7) is -1.77. The molecule has 4 N–H and O–H groups in total. The van der Waals surface area contributed by atoms with Gasteiger partial charge in [0, 0.05) is 0 Å². The van der Waals surface area contributed by atoms with Crippen LogP contribution < -0.4 is 10.2 Å². The number of carbonyl (C=O) groups excluding carboxylic acids is 1. The van der Waals surface area contributed by atoms with Gasteiger partial charge in [-0.2, -0.15) is 0 Å². The first-order valence-electron chi connectivity index (χ1n) is 3.35. The Labute approximate surface area is 115 Å². The quantitative estimate of drug-likeness (QED) is 0.359. The smallest absolute Gasteiger partial charge is 0.852 e. The third-order valence-corrected chi connectivity index (χ3v) is 0.888. The normalized spacial score (nSPS) is 12.5. The molecule has 0 aliphatic rings. The molecule has 9 heteroatoms. The van der Waals surface area contributed by atoms with Gasteiger partial charge in [-0.1, -0.05) is 0 Å². The van der Waals surface area contributed by atoms with Crippen LogP contribution in [0.3, 0.4) is 0 Å². The van der Waals surface area contributed by atoms with E-state index in [1.165, 1.54) is 0 Å². The number of hydrogen-bond donors (Lipinski definition) is 4. The predicted octanol–water partition coefficient (Wildman–Crippen LogP) is -5.50. The van der Waals surface area contributed by atoms with E-state index in [-0.39, 0.29) is 37.7 Å². The topological polar surface area (TPSA) is 161 Å². The Bertz CT molecular complexity index is 164. The summed E-state index contributed by atoms with van der Waals surface area (Å²) >= 11 is 0. The number of aliphatic hydroxyl groups excluding tert-OH is 3.